The zero-order chi connectivity index (χ0) is 51.5. The highest BCUT2D eigenvalue weighted by Gasteiger charge is 2.49. The molecule has 2 aliphatic carbocycles. The Morgan fingerprint density at radius 3 is 1.45 bits per heavy atom. The van der Waals surface area contributed by atoms with Gasteiger partial charge in [0.2, 0.25) is 0 Å². The summed E-state index contributed by atoms with van der Waals surface area (Å²) in [5.41, 5.74) is 25.8. The molecule has 73 heavy (non-hydrogen) atoms. The van der Waals surface area contributed by atoms with Gasteiger partial charge in [-0.3, -0.25) is 0 Å². The highest BCUT2D eigenvalue weighted by atomic mass is 32.1. The van der Waals surface area contributed by atoms with Crippen LogP contribution in [0.3, 0.4) is 0 Å². The molecule has 8 aromatic rings. The average molecular weight is 975 g/mol. The molecule has 2 aliphatic heterocycles. The summed E-state index contributed by atoms with van der Waals surface area (Å²) in [7, 11) is 0. The molecule has 0 unspecified atom stereocenters. The van der Waals surface area contributed by atoms with Gasteiger partial charge in [-0.1, -0.05) is 182 Å². The smallest absolute Gasteiger partial charge is 0.254 e. The molecule has 370 valence electrons. The predicted molar refractivity (Wildman–Crippen MR) is 319 cm³/mol. The van der Waals surface area contributed by atoms with Crippen LogP contribution in [0.2, 0.25) is 0 Å². The average Bonchev–Trinajstić information content (AvgIpc) is 3.72. The molecule has 7 aromatic carbocycles. The van der Waals surface area contributed by atoms with Crippen molar-refractivity contribution in [1.29, 1.82) is 0 Å². The zero-order valence-electron chi connectivity index (χ0n) is 46.4. The summed E-state index contributed by atoms with van der Waals surface area (Å²) in [4.78, 5) is 5.48. The van der Waals surface area contributed by atoms with Gasteiger partial charge in [-0.25, -0.2) is 0 Å². The van der Waals surface area contributed by atoms with E-state index in [1.54, 1.807) is 0 Å². The number of thiophene rings is 1. The molecule has 0 saturated heterocycles. The zero-order valence-corrected chi connectivity index (χ0v) is 47.2. The fourth-order valence-electron chi connectivity index (χ4n) is 13.4. The van der Waals surface area contributed by atoms with Crippen molar-refractivity contribution in [2.24, 2.45) is 0 Å². The van der Waals surface area contributed by atoms with Crippen LogP contribution in [0.4, 0.5) is 33.4 Å². The molecule has 0 radical (unpaired) electrons. The van der Waals surface area contributed by atoms with E-state index in [4.69, 9.17) is 0 Å². The molecule has 1 aromatic heterocycles. The lowest BCUT2D eigenvalue weighted by atomic mass is 9.33. The Hall–Kier alpha value is -5.84. The number of aryl methyl sites for hydroxylation is 1. The summed E-state index contributed by atoms with van der Waals surface area (Å²) in [6.45, 7) is 36.4. The van der Waals surface area contributed by atoms with E-state index in [1.165, 1.54) is 128 Å². The van der Waals surface area contributed by atoms with Crippen LogP contribution in [0.15, 0.2) is 133 Å². The SMILES string of the molecule is Cc1cc2c3c(c1)N(c1ccc(C(C)(C)C)cc1-c1ccccc1)c1sc4ccc(C(C)(C)C)cc4c1B3c1cc3c(cc1N2c1cc2c(cc1-c1ccccc1)C(C)(C)CCC2(C)C)C(C)(C)CCC3(C)C. The first kappa shape index (κ1) is 48.1. The Balaban J connectivity index is 1.26. The summed E-state index contributed by atoms with van der Waals surface area (Å²) in [6, 6.07) is 53.0. The summed E-state index contributed by atoms with van der Waals surface area (Å²) >= 11 is 1.98. The topological polar surface area (TPSA) is 6.48 Å². The van der Waals surface area contributed by atoms with Crippen LogP contribution >= 0.6 is 11.3 Å². The lowest BCUT2D eigenvalue weighted by molar-refractivity contribution is 0.332. The van der Waals surface area contributed by atoms with Crippen LogP contribution in [0, 0.1) is 6.92 Å². The number of rotatable bonds is 4. The van der Waals surface area contributed by atoms with Crippen LogP contribution in [-0.4, -0.2) is 6.71 Å². The van der Waals surface area contributed by atoms with Gasteiger partial charge in [-0.05, 0) is 185 Å². The molecule has 0 saturated carbocycles. The van der Waals surface area contributed by atoms with E-state index in [-0.39, 0.29) is 39.2 Å². The van der Waals surface area contributed by atoms with E-state index in [1.807, 2.05) is 11.3 Å². The Morgan fingerprint density at radius 2 is 0.904 bits per heavy atom. The lowest BCUT2D eigenvalue weighted by Crippen LogP contribution is -2.61. The van der Waals surface area contributed by atoms with Crippen molar-refractivity contribution in [2.45, 2.75) is 162 Å². The van der Waals surface area contributed by atoms with Crippen LogP contribution < -0.4 is 26.2 Å². The molecule has 12 rings (SSSR count). The van der Waals surface area contributed by atoms with Crippen molar-refractivity contribution in [3.05, 3.63) is 172 Å². The van der Waals surface area contributed by atoms with Gasteiger partial charge in [0.25, 0.3) is 6.71 Å². The first-order valence-electron chi connectivity index (χ1n) is 27.3. The van der Waals surface area contributed by atoms with Gasteiger partial charge in [0.05, 0.1) is 16.4 Å². The summed E-state index contributed by atoms with van der Waals surface area (Å²) in [6.07, 6.45) is 4.65. The van der Waals surface area contributed by atoms with E-state index < -0.39 is 0 Å². The second kappa shape index (κ2) is 16.1. The second-order valence-electron chi connectivity index (χ2n) is 27.2. The summed E-state index contributed by atoms with van der Waals surface area (Å²) in [5, 5.41) is 2.71. The lowest BCUT2D eigenvalue weighted by Gasteiger charge is -2.48. The van der Waals surface area contributed by atoms with Crippen molar-refractivity contribution in [1.82, 2.24) is 0 Å². The first-order valence-corrected chi connectivity index (χ1v) is 28.1. The van der Waals surface area contributed by atoms with Gasteiger partial charge < -0.3 is 9.80 Å². The fourth-order valence-corrected chi connectivity index (χ4v) is 14.6. The fraction of sp³-hybridized carbons (Fsp3) is 0.362. The van der Waals surface area contributed by atoms with Gasteiger partial charge in [0, 0.05) is 32.9 Å². The molecule has 0 bridgehead atoms. The molecule has 0 amide bonds. The van der Waals surface area contributed by atoms with Crippen LogP contribution in [0.5, 0.6) is 0 Å². The van der Waals surface area contributed by atoms with Crippen molar-refractivity contribution in [3.63, 3.8) is 0 Å². The quantitative estimate of drug-likeness (QED) is 0.162. The molecule has 0 atom stereocenters. The minimum absolute atomic E-state index is 0.000377. The third kappa shape index (κ3) is 7.53. The molecule has 4 aliphatic rings. The maximum Gasteiger partial charge on any atom is 0.254 e. The third-order valence-electron chi connectivity index (χ3n) is 18.2. The minimum atomic E-state index is -0.0233. The molecule has 3 heterocycles. The largest absolute Gasteiger partial charge is 0.311 e. The molecular weight excluding hydrogens is 900 g/mol. The summed E-state index contributed by atoms with van der Waals surface area (Å²) < 4.78 is 1.34. The van der Waals surface area contributed by atoms with Crippen LogP contribution in [0.25, 0.3) is 32.3 Å². The molecule has 0 N–H and O–H groups in total. The number of nitrogens with zero attached hydrogens (tertiary/aromatic N) is 2. The molecular formula is C69H75BN2S. The maximum absolute atomic E-state index is 2.77. The standard InChI is InChI=1S/C69H75BN2S/c1-42-34-58-62-59(35-42)72(55-28-26-45(64(2,3)4)36-47(55)43-22-18-16-19-23-43)63-61(49-37-46(65(5,6)7)27-29-60(49)73-63)70(62)54-39-51-53(69(14,15)33-31-67(51,10)11)41-57(54)71(58)56-40-52-50(66(8,9)30-32-68(52,12)13)38-48(56)44-24-20-17-21-25-44/h16-29,34-41H,30-33H2,1-15H3. The van der Waals surface area contributed by atoms with E-state index >= 15 is 0 Å². The van der Waals surface area contributed by atoms with Crippen LogP contribution in [-0.2, 0) is 32.5 Å². The Morgan fingerprint density at radius 1 is 0.438 bits per heavy atom. The van der Waals surface area contributed by atoms with Crippen molar-refractivity contribution >= 4 is 78.0 Å². The number of anilines is 6. The van der Waals surface area contributed by atoms with Gasteiger partial charge in [0.1, 0.15) is 0 Å². The maximum atomic E-state index is 2.77. The monoisotopic (exact) mass is 975 g/mol. The minimum Gasteiger partial charge on any atom is -0.311 e. The highest BCUT2D eigenvalue weighted by Crippen LogP contribution is 2.56. The number of hydrogen-bond donors (Lipinski definition) is 0. The highest BCUT2D eigenvalue weighted by molar-refractivity contribution is 7.26. The van der Waals surface area contributed by atoms with Gasteiger partial charge in [0.15, 0.2) is 0 Å². The molecule has 4 heteroatoms. The normalized spacial score (nSPS) is 17.9. The molecule has 0 fully saturated rings. The number of hydrogen-bond acceptors (Lipinski definition) is 3. The Labute approximate surface area is 442 Å². The van der Waals surface area contributed by atoms with E-state index in [0.717, 1.165) is 19.3 Å². The Bertz CT molecular complexity index is 3560. The van der Waals surface area contributed by atoms with E-state index in [0.29, 0.717) is 0 Å². The second-order valence-corrected chi connectivity index (χ2v) is 28.3. The third-order valence-corrected chi connectivity index (χ3v) is 19.3. The van der Waals surface area contributed by atoms with E-state index in [2.05, 4.69) is 247 Å². The predicted octanol–water partition coefficient (Wildman–Crippen LogP) is 17.9. The van der Waals surface area contributed by atoms with Crippen molar-refractivity contribution < 1.29 is 0 Å². The molecule has 0 spiro atoms. The van der Waals surface area contributed by atoms with Gasteiger partial charge in [-0.2, -0.15) is 0 Å². The van der Waals surface area contributed by atoms with Gasteiger partial charge in [-0.15, -0.1) is 11.3 Å². The van der Waals surface area contributed by atoms with Gasteiger partial charge >= 0.3 is 0 Å². The molecule has 2 nitrogen and oxygen atoms in total. The van der Waals surface area contributed by atoms with Crippen molar-refractivity contribution in [2.75, 3.05) is 9.80 Å². The Kier molecular flexibility index (Phi) is 10.6. The van der Waals surface area contributed by atoms with Crippen molar-refractivity contribution in [3.8, 4) is 22.3 Å². The summed E-state index contributed by atoms with van der Waals surface area (Å²) in [5.74, 6) is 0. The number of fused-ring (bicyclic) bond motifs is 8. The number of benzene rings is 7. The first-order chi connectivity index (χ1) is 34.3. The van der Waals surface area contributed by atoms with Crippen LogP contribution in [0.1, 0.15) is 162 Å². The van der Waals surface area contributed by atoms with E-state index in [9.17, 15) is 0 Å².